The molecule has 1 aromatic carbocycles. The Balaban J connectivity index is 1.89. The molecule has 11 heteroatoms. The molecule has 0 radical (unpaired) electrons. The first-order valence-electron chi connectivity index (χ1n) is 8.12. The molecule has 0 saturated carbocycles. The van der Waals surface area contributed by atoms with Gasteiger partial charge in [0, 0.05) is 12.1 Å². The van der Waals surface area contributed by atoms with Gasteiger partial charge in [-0.2, -0.15) is 5.10 Å². The third kappa shape index (κ3) is 2.65. The summed E-state index contributed by atoms with van der Waals surface area (Å²) in [5.74, 6) is 0.280. The summed E-state index contributed by atoms with van der Waals surface area (Å²) in [6, 6.07) is 6.33. The van der Waals surface area contributed by atoms with E-state index in [4.69, 9.17) is 5.73 Å². The maximum absolute atomic E-state index is 11.3. The predicted octanol–water partition coefficient (Wildman–Crippen LogP) is 2.15. The molecule has 3 aromatic heterocycles. The van der Waals surface area contributed by atoms with Crippen molar-refractivity contribution in [2.75, 3.05) is 5.73 Å². The van der Waals surface area contributed by atoms with Crippen LogP contribution in [0.15, 0.2) is 36.8 Å². The smallest absolute Gasteiger partial charge is 0.294 e. The van der Waals surface area contributed by atoms with E-state index in [0.717, 1.165) is 0 Å². The van der Waals surface area contributed by atoms with Gasteiger partial charge in [-0.25, -0.2) is 19.3 Å². The van der Waals surface area contributed by atoms with Crippen LogP contribution in [0.3, 0.4) is 0 Å². The molecule has 4 aromatic rings. The third-order valence-corrected chi connectivity index (χ3v) is 4.07. The van der Waals surface area contributed by atoms with Gasteiger partial charge >= 0.3 is 0 Å². The number of aromatic nitrogens is 7. The van der Waals surface area contributed by atoms with Crippen LogP contribution in [0.4, 0.5) is 11.5 Å². The maximum Gasteiger partial charge on any atom is 0.294 e. The van der Waals surface area contributed by atoms with Gasteiger partial charge in [0.2, 0.25) is 0 Å². The van der Waals surface area contributed by atoms with E-state index in [1.54, 1.807) is 29.1 Å². The summed E-state index contributed by atoms with van der Waals surface area (Å²) in [5.41, 5.74) is 7.75. The summed E-state index contributed by atoms with van der Waals surface area (Å²) in [7, 11) is 0. The van der Waals surface area contributed by atoms with Crippen LogP contribution in [0, 0.1) is 10.1 Å². The molecule has 27 heavy (non-hydrogen) atoms. The second-order valence-electron chi connectivity index (χ2n) is 6.14. The van der Waals surface area contributed by atoms with Crippen LogP contribution in [0.5, 0.6) is 0 Å². The number of nitrogens with two attached hydrogens (primary N) is 1. The van der Waals surface area contributed by atoms with Crippen molar-refractivity contribution in [2.45, 2.75) is 19.9 Å². The lowest BCUT2D eigenvalue weighted by Crippen LogP contribution is -2.04. The zero-order valence-corrected chi connectivity index (χ0v) is 14.5. The van der Waals surface area contributed by atoms with Gasteiger partial charge in [-0.15, -0.1) is 5.10 Å². The second kappa shape index (κ2) is 6.12. The van der Waals surface area contributed by atoms with Crippen LogP contribution in [0.2, 0.25) is 0 Å². The van der Waals surface area contributed by atoms with Crippen molar-refractivity contribution in [3.8, 4) is 17.1 Å². The number of anilines is 1. The highest BCUT2D eigenvalue weighted by Crippen LogP contribution is 2.31. The van der Waals surface area contributed by atoms with Crippen molar-refractivity contribution >= 4 is 22.5 Å². The fourth-order valence-electron chi connectivity index (χ4n) is 2.84. The number of hydrogen-bond acceptors (Lipinski definition) is 8. The topological polar surface area (TPSA) is 143 Å². The largest absolute Gasteiger partial charge is 0.383 e. The highest BCUT2D eigenvalue weighted by molar-refractivity contribution is 5.97. The Hall–Kier alpha value is -3.89. The first-order chi connectivity index (χ1) is 13.0. The van der Waals surface area contributed by atoms with Gasteiger partial charge in [0.05, 0.1) is 16.5 Å². The molecule has 0 aliphatic carbocycles. The van der Waals surface area contributed by atoms with Crippen molar-refractivity contribution < 1.29 is 4.92 Å². The van der Waals surface area contributed by atoms with Crippen LogP contribution in [0.25, 0.3) is 28.1 Å². The normalized spacial score (nSPS) is 11.4. The van der Waals surface area contributed by atoms with Crippen molar-refractivity contribution in [1.29, 1.82) is 0 Å². The molecule has 4 rings (SSSR count). The van der Waals surface area contributed by atoms with Gasteiger partial charge < -0.3 is 5.73 Å². The molecule has 0 aliphatic heterocycles. The molecule has 11 nitrogen and oxygen atoms in total. The Morgan fingerprint density at radius 2 is 2.00 bits per heavy atom. The highest BCUT2D eigenvalue weighted by Gasteiger charge is 2.22. The van der Waals surface area contributed by atoms with Gasteiger partial charge in [-0.3, -0.25) is 10.1 Å². The minimum atomic E-state index is -0.467. The summed E-state index contributed by atoms with van der Waals surface area (Å²) in [6.45, 7) is 3.94. The molecule has 0 bridgehead atoms. The number of nitrogen functional groups attached to an aromatic ring is 1. The number of nitro groups is 1. The van der Waals surface area contributed by atoms with E-state index in [0.29, 0.717) is 28.1 Å². The maximum atomic E-state index is 11.3. The van der Waals surface area contributed by atoms with E-state index in [1.165, 1.54) is 17.1 Å². The van der Waals surface area contributed by atoms with E-state index in [-0.39, 0.29) is 17.5 Å². The summed E-state index contributed by atoms with van der Waals surface area (Å²) >= 11 is 0. The highest BCUT2D eigenvalue weighted by atomic mass is 16.6. The van der Waals surface area contributed by atoms with Crippen molar-refractivity contribution in [3.05, 3.63) is 46.9 Å². The molecule has 0 saturated heterocycles. The Labute approximate surface area is 152 Å². The number of nitro benzene ring substituents is 1. The van der Waals surface area contributed by atoms with Crippen molar-refractivity contribution in [1.82, 2.24) is 34.7 Å². The molecule has 0 atom stereocenters. The fourth-order valence-corrected chi connectivity index (χ4v) is 2.84. The van der Waals surface area contributed by atoms with E-state index in [9.17, 15) is 10.1 Å². The van der Waals surface area contributed by atoms with Crippen LogP contribution in [-0.4, -0.2) is 39.7 Å². The van der Waals surface area contributed by atoms with Crippen molar-refractivity contribution in [2.24, 2.45) is 0 Å². The zero-order chi connectivity index (χ0) is 19.1. The fraction of sp³-hybridized carbons (Fsp3) is 0.188. The van der Waals surface area contributed by atoms with Crippen molar-refractivity contribution in [3.63, 3.8) is 0 Å². The molecule has 0 amide bonds. The van der Waals surface area contributed by atoms with Gasteiger partial charge in [-0.1, -0.05) is 17.3 Å². The van der Waals surface area contributed by atoms with Crippen LogP contribution in [-0.2, 0) is 0 Å². The molecule has 2 N–H and O–H groups in total. The van der Waals surface area contributed by atoms with Gasteiger partial charge in [-0.05, 0) is 19.9 Å². The summed E-state index contributed by atoms with van der Waals surface area (Å²) in [4.78, 5) is 19.1. The van der Waals surface area contributed by atoms with E-state index >= 15 is 0 Å². The molecular weight excluding hydrogens is 350 g/mol. The number of fused-ring (bicyclic) bond motifs is 1. The zero-order valence-electron chi connectivity index (χ0n) is 14.5. The number of hydrogen-bond donors (Lipinski definition) is 1. The number of nitrogens with zero attached hydrogens (tertiary/aromatic N) is 8. The van der Waals surface area contributed by atoms with Gasteiger partial charge in [0.1, 0.15) is 29.2 Å². The van der Waals surface area contributed by atoms with E-state index < -0.39 is 4.92 Å². The van der Waals surface area contributed by atoms with Crippen LogP contribution >= 0.6 is 0 Å². The Bertz CT molecular complexity index is 1160. The summed E-state index contributed by atoms with van der Waals surface area (Å²) in [6.07, 6.45) is 2.95. The second-order valence-corrected chi connectivity index (χ2v) is 6.14. The predicted molar refractivity (Wildman–Crippen MR) is 97.1 cm³/mol. The van der Waals surface area contributed by atoms with Crippen LogP contribution in [0.1, 0.15) is 19.9 Å². The number of para-hydroxylation sites is 2. The summed E-state index contributed by atoms with van der Waals surface area (Å²) in [5, 5.41) is 24.6. The first kappa shape index (κ1) is 16.6. The minimum absolute atomic E-state index is 0.0424. The standard InChI is InChI=1S/C16H15N9O2/c1-9(2)24-16-13(15(17)18-8-19-16)14(21-24)10-7-23(22-20-10)11-5-3-4-6-12(11)25(26)27/h3-9H,1-2H3,(H2,17,18,19). The lowest BCUT2D eigenvalue weighted by molar-refractivity contribution is -0.384. The van der Waals surface area contributed by atoms with Crippen LogP contribution < -0.4 is 5.73 Å². The monoisotopic (exact) mass is 365 g/mol. The lowest BCUT2D eigenvalue weighted by atomic mass is 10.2. The molecule has 0 unspecified atom stereocenters. The molecular formula is C16H15N9O2. The Morgan fingerprint density at radius 1 is 1.22 bits per heavy atom. The molecule has 0 fully saturated rings. The third-order valence-electron chi connectivity index (χ3n) is 4.07. The minimum Gasteiger partial charge on any atom is -0.383 e. The van der Waals surface area contributed by atoms with Gasteiger partial charge in [0.25, 0.3) is 5.69 Å². The molecule has 0 aliphatic rings. The lowest BCUT2D eigenvalue weighted by Gasteiger charge is -2.05. The summed E-state index contributed by atoms with van der Waals surface area (Å²) < 4.78 is 3.07. The average Bonchev–Trinajstić information content (AvgIpc) is 3.27. The molecule has 136 valence electrons. The quantitative estimate of drug-likeness (QED) is 0.428. The van der Waals surface area contributed by atoms with Gasteiger partial charge in [0.15, 0.2) is 5.65 Å². The van der Waals surface area contributed by atoms with E-state index in [2.05, 4.69) is 25.4 Å². The Morgan fingerprint density at radius 3 is 2.74 bits per heavy atom. The number of benzene rings is 1. The first-order valence-corrected chi connectivity index (χ1v) is 8.12. The Kier molecular flexibility index (Phi) is 3.76. The molecule has 0 spiro atoms. The number of rotatable bonds is 4. The SMILES string of the molecule is CC(C)n1nc(-c2cn(-c3ccccc3[N+](=O)[O-])nn2)c2c(N)ncnc21. The average molecular weight is 365 g/mol. The molecule has 3 heterocycles. The van der Waals surface area contributed by atoms with E-state index in [1.807, 2.05) is 13.8 Å².